The number of rotatable bonds is 3. The van der Waals surface area contributed by atoms with Crippen molar-refractivity contribution in [3.63, 3.8) is 0 Å². The summed E-state index contributed by atoms with van der Waals surface area (Å²) in [6.07, 6.45) is 1.55. The number of amides is 1. The summed E-state index contributed by atoms with van der Waals surface area (Å²) < 4.78 is 6.93. The topological polar surface area (TPSA) is 86.3 Å². The SMILES string of the molecule is COc1cc(C)cc2c(=O)ccn(CC(=O)NN)c12. The van der Waals surface area contributed by atoms with Crippen LogP contribution in [0.1, 0.15) is 5.56 Å². The quantitative estimate of drug-likeness (QED) is 0.473. The Labute approximate surface area is 109 Å². The number of nitrogens with one attached hydrogen (secondary N) is 1. The normalized spacial score (nSPS) is 10.5. The lowest BCUT2D eigenvalue weighted by atomic mass is 10.1. The summed E-state index contributed by atoms with van der Waals surface area (Å²) in [4.78, 5) is 23.3. The predicted octanol–water partition coefficient (Wildman–Crippen LogP) is 0.308. The lowest BCUT2D eigenvalue weighted by molar-refractivity contribution is -0.121. The molecule has 19 heavy (non-hydrogen) atoms. The Kier molecular flexibility index (Phi) is 3.52. The summed E-state index contributed by atoms with van der Waals surface area (Å²) in [5, 5.41) is 0.518. The van der Waals surface area contributed by atoms with Gasteiger partial charge in [0.1, 0.15) is 12.3 Å². The van der Waals surface area contributed by atoms with Gasteiger partial charge in [0, 0.05) is 17.6 Å². The molecule has 0 atom stereocenters. The molecule has 1 amide bonds. The van der Waals surface area contributed by atoms with Gasteiger partial charge < -0.3 is 9.30 Å². The number of aromatic nitrogens is 1. The molecule has 2 rings (SSSR count). The molecule has 0 saturated carbocycles. The maximum atomic E-state index is 11.9. The number of hydrogen-bond donors (Lipinski definition) is 2. The van der Waals surface area contributed by atoms with Crippen molar-refractivity contribution in [3.8, 4) is 5.75 Å². The second-order valence-electron chi connectivity index (χ2n) is 4.24. The number of hydrazine groups is 1. The number of methoxy groups -OCH3 is 1. The lowest BCUT2D eigenvalue weighted by Crippen LogP contribution is -2.33. The molecule has 0 fully saturated rings. The van der Waals surface area contributed by atoms with Crippen LogP contribution in [0.15, 0.2) is 29.2 Å². The zero-order valence-corrected chi connectivity index (χ0v) is 10.8. The molecule has 0 aliphatic heterocycles. The highest BCUT2D eigenvalue weighted by Gasteiger charge is 2.11. The standard InChI is InChI=1S/C13H15N3O3/c1-8-5-9-10(17)3-4-16(7-12(18)15-14)13(9)11(6-8)19-2/h3-6H,7,14H2,1-2H3,(H,15,18). The zero-order chi connectivity index (χ0) is 14.0. The van der Waals surface area contributed by atoms with E-state index in [9.17, 15) is 9.59 Å². The van der Waals surface area contributed by atoms with Crippen LogP contribution >= 0.6 is 0 Å². The minimum Gasteiger partial charge on any atom is -0.495 e. The fourth-order valence-corrected chi connectivity index (χ4v) is 2.04. The number of hydrogen-bond acceptors (Lipinski definition) is 4. The molecule has 0 spiro atoms. The van der Waals surface area contributed by atoms with E-state index in [-0.39, 0.29) is 17.9 Å². The fourth-order valence-electron chi connectivity index (χ4n) is 2.04. The summed E-state index contributed by atoms with van der Waals surface area (Å²) in [7, 11) is 1.53. The maximum Gasteiger partial charge on any atom is 0.253 e. The van der Waals surface area contributed by atoms with E-state index in [2.05, 4.69) is 5.43 Å². The molecule has 2 aromatic rings. The molecule has 0 aliphatic carbocycles. The zero-order valence-electron chi connectivity index (χ0n) is 10.8. The third kappa shape index (κ3) is 2.43. The van der Waals surface area contributed by atoms with E-state index in [1.165, 1.54) is 13.2 Å². The van der Waals surface area contributed by atoms with Gasteiger partial charge in [0.2, 0.25) is 0 Å². The smallest absolute Gasteiger partial charge is 0.253 e. The first-order valence-corrected chi connectivity index (χ1v) is 5.74. The van der Waals surface area contributed by atoms with Gasteiger partial charge in [-0.15, -0.1) is 0 Å². The van der Waals surface area contributed by atoms with Gasteiger partial charge in [0.25, 0.3) is 5.91 Å². The van der Waals surface area contributed by atoms with Gasteiger partial charge in [-0.05, 0) is 24.6 Å². The summed E-state index contributed by atoms with van der Waals surface area (Å²) in [6, 6.07) is 5.01. The van der Waals surface area contributed by atoms with Crippen LogP contribution in [0.3, 0.4) is 0 Å². The largest absolute Gasteiger partial charge is 0.495 e. The Morgan fingerprint density at radius 3 is 2.84 bits per heavy atom. The van der Waals surface area contributed by atoms with E-state index in [1.807, 2.05) is 13.0 Å². The van der Waals surface area contributed by atoms with E-state index in [4.69, 9.17) is 10.6 Å². The van der Waals surface area contributed by atoms with E-state index >= 15 is 0 Å². The van der Waals surface area contributed by atoms with Crippen molar-refractivity contribution in [2.24, 2.45) is 5.84 Å². The Hall–Kier alpha value is -2.34. The minimum atomic E-state index is -0.354. The van der Waals surface area contributed by atoms with Gasteiger partial charge in [0.15, 0.2) is 5.43 Å². The van der Waals surface area contributed by atoms with Crippen molar-refractivity contribution in [3.05, 3.63) is 40.2 Å². The van der Waals surface area contributed by atoms with Gasteiger partial charge in [-0.2, -0.15) is 0 Å². The third-order valence-corrected chi connectivity index (χ3v) is 2.87. The first kappa shape index (κ1) is 13.1. The van der Waals surface area contributed by atoms with Crippen LogP contribution in [-0.2, 0) is 11.3 Å². The maximum absolute atomic E-state index is 11.9. The summed E-state index contributed by atoms with van der Waals surface area (Å²) >= 11 is 0. The number of nitrogens with zero attached hydrogens (tertiary/aromatic N) is 1. The average Bonchev–Trinajstić information content (AvgIpc) is 2.41. The molecule has 0 aliphatic rings. The molecular formula is C13H15N3O3. The van der Waals surface area contributed by atoms with Gasteiger partial charge in [0.05, 0.1) is 12.6 Å². The number of carbonyl (C=O) groups excluding carboxylic acids is 1. The van der Waals surface area contributed by atoms with Crippen molar-refractivity contribution in [1.82, 2.24) is 9.99 Å². The molecular weight excluding hydrogens is 246 g/mol. The van der Waals surface area contributed by atoms with Crippen molar-refractivity contribution >= 4 is 16.8 Å². The van der Waals surface area contributed by atoms with Crippen molar-refractivity contribution in [2.45, 2.75) is 13.5 Å². The van der Waals surface area contributed by atoms with Crippen molar-refractivity contribution < 1.29 is 9.53 Å². The molecule has 6 nitrogen and oxygen atoms in total. The van der Waals surface area contributed by atoms with E-state index in [0.29, 0.717) is 16.7 Å². The first-order valence-electron chi connectivity index (χ1n) is 5.74. The number of nitrogens with two attached hydrogens (primary N) is 1. The Bertz CT molecular complexity index is 691. The van der Waals surface area contributed by atoms with E-state index in [0.717, 1.165) is 5.56 Å². The number of benzene rings is 1. The molecule has 1 heterocycles. The van der Waals surface area contributed by atoms with E-state index in [1.54, 1.807) is 16.8 Å². The first-order chi connectivity index (χ1) is 9.06. The van der Waals surface area contributed by atoms with Crippen molar-refractivity contribution in [1.29, 1.82) is 0 Å². The molecule has 1 aromatic carbocycles. The second-order valence-corrected chi connectivity index (χ2v) is 4.24. The van der Waals surface area contributed by atoms with Crippen LogP contribution in [0.5, 0.6) is 5.75 Å². The number of fused-ring (bicyclic) bond motifs is 1. The molecule has 1 aromatic heterocycles. The monoisotopic (exact) mass is 261 g/mol. The van der Waals surface area contributed by atoms with Crippen LogP contribution in [0.25, 0.3) is 10.9 Å². The molecule has 0 radical (unpaired) electrons. The van der Waals surface area contributed by atoms with Crippen LogP contribution in [0.4, 0.5) is 0 Å². The van der Waals surface area contributed by atoms with Gasteiger partial charge >= 0.3 is 0 Å². The Morgan fingerprint density at radius 1 is 1.47 bits per heavy atom. The molecule has 0 saturated heterocycles. The number of ether oxygens (including phenoxy) is 1. The fraction of sp³-hybridized carbons (Fsp3) is 0.231. The number of carbonyl (C=O) groups is 1. The van der Waals surface area contributed by atoms with Crippen LogP contribution in [0.2, 0.25) is 0 Å². The third-order valence-electron chi connectivity index (χ3n) is 2.87. The Balaban J connectivity index is 2.75. The van der Waals surface area contributed by atoms with Gasteiger partial charge in [-0.3, -0.25) is 15.0 Å². The van der Waals surface area contributed by atoms with Crippen LogP contribution in [0, 0.1) is 6.92 Å². The van der Waals surface area contributed by atoms with Crippen LogP contribution in [-0.4, -0.2) is 17.6 Å². The van der Waals surface area contributed by atoms with Gasteiger partial charge in [-0.25, -0.2) is 5.84 Å². The van der Waals surface area contributed by atoms with E-state index < -0.39 is 0 Å². The number of pyridine rings is 1. The average molecular weight is 261 g/mol. The predicted molar refractivity (Wildman–Crippen MR) is 71.8 cm³/mol. The summed E-state index contributed by atoms with van der Waals surface area (Å²) in [6.45, 7) is 1.90. The molecule has 6 heteroatoms. The molecule has 3 N–H and O–H groups in total. The molecule has 100 valence electrons. The van der Waals surface area contributed by atoms with Crippen LogP contribution < -0.4 is 21.4 Å². The van der Waals surface area contributed by atoms with Gasteiger partial charge in [-0.1, -0.05) is 0 Å². The summed E-state index contributed by atoms with van der Waals surface area (Å²) in [5.74, 6) is 5.28. The Morgan fingerprint density at radius 2 is 2.21 bits per heavy atom. The minimum absolute atomic E-state index is 0.0205. The molecule has 0 bridgehead atoms. The summed E-state index contributed by atoms with van der Waals surface area (Å²) in [5.41, 5.74) is 3.46. The molecule has 0 unspecified atom stereocenters. The van der Waals surface area contributed by atoms with Crippen molar-refractivity contribution in [2.75, 3.05) is 7.11 Å². The highest BCUT2D eigenvalue weighted by Crippen LogP contribution is 2.25. The lowest BCUT2D eigenvalue weighted by Gasteiger charge is -2.13. The second kappa shape index (κ2) is 5.11. The highest BCUT2D eigenvalue weighted by molar-refractivity contribution is 5.87. The highest BCUT2D eigenvalue weighted by atomic mass is 16.5. The number of aryl methyl sites for hydroxylation is 1.